The third kappa shape index (κ3) is 5.72. The first-order chi connectivity index (χ1) is 25.8. The molecule has 0 spiro atoms. The molecule has 2 amide bonds. The molecule has 0 fully saturated rings. The van der Waals surface area contributed by atoms with E-state index in [1.54, 1.807) is 17.5 Å². The Morgan fingerprint density at radius 3 is 1.74 bits per heavy atom. The number of carbonyl (C=O) groups is 4. The van der Waals surface area contributed by atoms with E-state index in [4.69, 9.17) is 4.74 Å². The Bertz CT molecular complexity index is 2510. The molecule has 2 aliphatic rings. The van der Waals surface area contributed by atoms with Crippen LogP contribution in [0.4, 0.5) is 32.0 Å². The van der Waals surface area contributed by atoms with Crippen molar-refractivity contribution < 1.29 is 51.0 Å². The molecular weight excluding hydrogens is 752 g/mol. The SMILES string of the molecule is COc1ccc(-c2c(F)sc3c2C(=O)C(F)(c2ccccc2)C(=O)N3)cc1F.O=C1Nc2scc(-c3ccc(O)c(F)c3)c2C(=O)C1(F)c1ccccc1. The Hall–Kier alpha value is -6.19. The smallest absolute Gasteiger partial charge is 0.275 e. The molecule has 3 N–H and O–H groups in total. The molecule has 0 saturated carbocycles. The van der Waals surface area contributed by atoms with Gasteiger partial charge in [0.2, 0.25) is 11.6 Å². The summed E-state index contributed by atoms with van der Waals surface area (Å²) in [5.74, 6) is -6.63. The number of methoxy groups -OCH3 is 1. The van der Waals surface area contributed by atoms with Crippen LogP contribution in [0, 0.1) is 16.8 Å². The van der Waals surface area contributed by atoms with Crippen LogP contribution in [0.1, 0.15) is 31.8 Å². The number of alkyl halides is 2. The highest BCUT2D eigenvalue weighted by Gasteiger charge is 2.55. The van der Waals surface area contributed by atoms with Gasteiger partial charge in [-0.05, 0) is 35.4 Å². The summed E-state index contributed by atoms with van der Waals surface area (Å²) < 4.78 is 78.6. The van der Waals surface area contributed by atoms with Crippen molar-refractivity contribution in [3.8, 4) is 33.8 Å². The second-order valence-electron chi connectivity index (χ2n) is 11.9. The molecule has 0 radical (unpaired) electrons. The topological polar surface area (TPSA) is 122 Å². The highest BCUT2D eigenvalue weighted by atomic mass is 32.1. The van der Waals surface area contributed by atoms with Gasteiger partial charge in [0.25, 0.3) is 23.2 Å². The number of nitrogens with one attached hydrogen (secondary N) is 2. The predicted molar refractivity (Wildman–Crippen MR) is 192 cm³/mol. The third-order valence-electron chi connectivity index (χ3n) is 8.86. The number of rotatable bonds is 5. The summed E-state index contributed by atoms with van der Waals surface area (Å²) in [5.41, 5.74) is -6.06. The van der Waals surface area contributed by atoms with Crippen LogP contribution in [0.5, 0.6) is 11.5 Å². The van der Waals surface area contributed by atoms with Crippen molar-refractivity contribution in [2.75, 3.05) is 17.7 Å². The number of hydrogen-bond acceptors (Lipinski definition) is 8. The summed E-state index contributed by atoms with van der Waals surface area (Å²) in [6.07, 6.45) is 0. The average Bonchev–Trinajstić information content (AvgIpc) is 3.75. The Labute approximate surface area is 310 Å². The quantitative estimate of drug-likeness (QED) is 0.119. The molecule has 8 rings (SSSR count). The van der Waals surface area contributed by atoms with Crippen molar-refractivity contribution in [2.45, 2.75) is 11.3 Å². The van der Waals surface area contributed by atoms with E-state index in [1.807, 2.05) is 0 Å². The lowest BCUT2D eigenvalue weighted by molar-refractivity contribution is -0.126. The maximum absolute atomic E-state index is 15.7. The van der Waals surface area contributed by atoms with Gasteiger partial charge in [0.15, 0.2) is 28.3 Å². The molecule has 2 unspecified atom stereocenters. The highest BCUT2D eigenvalue weighted by molar-refractivity contribution is 7.16. The lowest BCUT2D eigenvalue weighted by atomic mass is 9.83. The van der Waals surface area contributed by atoms with Gasteiger partial charge in [-0.25, -0.2) is 17.6 Å². The number of benzene rings is 4. The lowest BCUT2D eigenvalue weighted by Crippen LogP contribution is -2.47. The van der Waals surface area contributed by atoms with Crippen LogP contribution in [0.25, 0.3) is 22.3 Å². The highest BCUT2D eigenvalue weighted by Crippen LogP contribution is 2.48. The largest absolute Gasteiger partial charge is 0.505 e. The number of ether oxygens (including phenoxy) is 1. The Kier molecular flexibility index (Phi) is 9.15. The first-order valence-electron chi connectivity index (χ1n) is 15.8. The van der Waals surface area contributed by atoms with E-state index in [1.165, 1.54) is 73.8 Å². The van der Waals surface area contributed by atoms with Crippen LogP contribution in [-0.2, 0) is 20.9 Å². The number of Topliss-reactive ketones (excluding diaryl/α,β-unsaturated/α-hetero) is 2. The molecule has 0 aliphatic carbocycles. The molecule has 2 atom stereocenters. The number of ketones is 2. The van der Waals surface area contributed by atoms with Gasteiger partial charge < -0.3 is 20.5 Å². The second-order valence-corrected chi connectivity index (χ2v) is 13.8. The van der Waals surface area contributed by atoms with Crippen LogP contribution < -0.4 is 15.4 Å². The molecule has 8 nitrogen and oxygen atoms in total. The third-order valence-corrected chi connectivity index (χ3v) is 10.6. The van der Waals surface area contributed by atoms with Gasteiger partial charge in [0, 0.05) is 27.6 Å². The first-order valence-corrected chi connectivity index (χ1v) is 17.5. The van der Waals surface area contributed by atoms with E-state index in [-0.39, 0.29) is 49.1 Å². The van der Waals surface area contributed by atoms with Crippen LogP contribution in [0.15, 0.2) is 102 Å². The Morgan fingerprint density at radius 2 is 1.19 bits per heavy atom. The van der Waals surface area contributed by atoms with E-state index < -0.39 is 57.2 Å². The maximum Gasteiger partial charge on any atom is 0.275 e. The van der Waals surface area contributed by atoms with Crippen molar-refractivity contribution in [3.05, 3.63) is 141 Å². The zero-order chi connectivity index (χ0) is 38.5. The van der Waals surface area contributed by atoms with Gasteiger partial charge in [-0.3, -0.25) is 19.2 Å². The normalized spacial score (nSPS) is 18.9. The standard InChI is InChI=1S/C20H12F3NO3S.C19H11F2NO3S/c1-27-13-8-7-10(9-12(13)21)14-15-16(25)20(23,11-5-3-2-4-6-11)19(26)24-18(15)28-17(14)22;20-13-8-10(6-7-14(13)23)12-9-26-17-15(12)16(24)19(21,18(25)22-17)11-4-2-1-3-5-11/h2-9H,1H3,(H,24,26);1-9,23H,(H,22,25). The summed E-state index contributed by atoms with van der Waals surface area (Å²) in [6, 6.07) is 21.9. The molecule has 4 heterocycles. The molecule has 54 heavy (non-hydrogen) atoms. The van der Waals surface area contributed by atoms with Gasteiger partial charge in [0.05, 0.1) is 18.2 Å². The fourth-order valence-corrected chi connectivity index (χ4v) is 8.04. The molecular formula is C39H23F5N2O6S2. The van der Waals surface area contributed by atoms with Crippen molar-refractivity contribution in [2.24, 2.45) is 0 Å². The van der Waals surface area contributed by atoms with Crippen molar-refractivity contribution in [1.82, 2.24) is 0 Å². The summed E-state index contributed by atoms with van der Waals surface area (Å²) in [6.45, 7) is 0. The molecule has 2 aromatic heterocycles. The molecule has 2 aliphatic heterocycles. The van der Waals surface area contributed by atoms with Crippen molar-refractivity contribution >= 4 is 56.1 Å². The predicted octanol–water partition coefficient (Wildman–Crippen LogP) is 8.96. The van der Waals surface area contributed by atoms with E-state index in [2.05, 4.69) is 10.6 Å². The maximum atomic E-state index is 15.7. The minimum atomic E-state index is -3.01. The minimum Gasteiger partial charge on any atom is -0.505 e. The van der Waals surface area contributed by atoms with Crippen LogP contribution in [0.3, 0.4) is 0 Å². The fourth-order valence-electron chi connectivity index (χ4n) is 6.14. The molecule has 6 aromatic rings. The van der Waals surface area contributed by atoms with Gasteiger partial charge >= 0.3 is 0 Å². The number of fused-ring (bicyclic) bond motifs is 2. The van der Waals surface area contributed by atoms with Crippen LogP contribution >= 0.6 is 22.7 Å². The summed E-state index contributed by atoms with van der Waals surface area (Å²) in [5, 5.41) is 14.9. The van der Waals surface area contributed by atoms with E-state index in [0.29, 0.717) is 22.5 Å². The van der Waals surface area contributed by atoms with E-state index in [0.717, 1.165) is 29.5 Å². The number of aromatic hydroxyl groups is 1. The van der Waals surface area contributed by atoms with Crippen LogP contribution in [-0.4, -0.2) is 35.6 Å². The Balaban J connectivity index is 0.000000167. The number of phenolic OH excluding ortho intramolecular Hbond substituents is 1. The monoisotopic (exact) mass is 774 g/mol. The minimum absolute atomic E-state index is 0.00829. The lowest BCUT2D eigenvalue weighted by Gasteiger charge is -2.28. The molecule has 0 saturated heterocycles. The van der Waals surface area contributed by atoms with Gasteiger partial charge in [-0.2, -0.15) is 4.39 Å². The zero-order valence-corrected chi connectivity index (χ0v) is 29.1. The van der Waals surface area contributed by atoms with E-state index in [9.17, 15) is 37.5 Å². The summed E-state index contributed by atoms with van der Waals surface area (Å²) in [7, 11) is 1.28. The zero-order valence-electron chi connectivity index (χ0n) is 27.5. The van der Waals surface area contributed by atoms with Gasteiger partial charge in [0.1, 0.15) is 10.0 Å². The molecule has 272 valence electrons. The van der Waals surface area contributed by atoms with Gasteiger partial charge in [-0.1, -0.05) is 84.1 Å². The Morgan fingerprint density at radius 1 is 0.648 bits per heavy atom. The number of anilines is 2. The molecule has 15 heteroatoms. The number of halogens is 5. The number of hydrogen-bond donors (Lipinski definition) is 3. The van der Waals surface area contributed by atoms with Crippen molar-refractivity contribution in [1.29, 1.82) is 0 Å². The summed E-state index contributed by atoms with van der Waals surface area (Å²) in [4.78, 5) is 50.8. The number of thiophene rings is 2. The fraction of sp³-hybridized carbons (Fsp3) is 0.0769. The summed E-state index contributed by atoms with van der Waals surface area (Å²) >= 11 is 1.55. The molecule has 4 aromatic carbocycles. The number of carbonyl (C=O) groups excluding carboxylic acids is 4. The second kappa shape index (κ2) is 13.7. The number of phenols is 1. The van der Waals surface area contributed by atoms with E-state index >= 15 is 8.78 Å². The first kappa shape index (κ1) is 36.2. The van der Waals surface area contributed by atoms with Crippen molar-refractivity contribution in [3.63, 3.8) is 0 Å². The van der Waals surface area contributed by atoms with Crippen LogP contribution in [0.2, 0.25) is 0 Å². The van der Waals surface area contributed by atoms with Gasteiger partial charge in [-0.15, -0.1) is 11.3 Å². The average molecular weight is 775 g/mol. The number of amides is 2. The molecule has 0 bridgehead atoms.